The molecule has 0 bridgehead atoms. The summed E-state index contributed by atoms with van der Waals surface area (Å²) in [6.07, 6.45) is 0. The lowest BCUT2D eigenvalue weighted by Gasteiger charge is -2.08. The van der Waals surface area contributed by atoms with E-state index >= 15 is 0 Å². The van der Waals surface area contributed by atoms with Crippen LogP contribution in [0.5, 0.6) is 5.75 Å². The lowest BCUT2D eigenvalue weighted by atomic mass is 10.2. The van der Waals surface area contributed by atoms with Crippen molar-refractivity contribution in [3.63, 3.8) is 0 Å². The molecular formula is C11H12ClNO3. The van der Waals surface area contributed by atoms with Gasteiger partial charge in [-0.2, -0.15) is 0 Å². The molecule has 16 heavy (non-hydrogen) atoms. The Bertz CT molecular complexity index is 393. The van der Waals surface area contributed by atoms with Crippen molar-refractivity contribution >= 4 is 23.4 Å². The Labute approximate surface area is 98.5 Å². The fraction of sp³-hybridized carbons (Fsp3) is 0.273. The third kappa shape index (κ3) is 3.24. The average molecular weight is 242 g/mol. The number of para-hydroxylation sites is 1. The van der Waals surface area contributed by atoms with E-state index in [1.54, 1.807) is 24.3 Å². The van der Waals surface area contributed by atoms with Crippen LogP contribution in [-0.2, 0) is 4.79 Å². The van der Waals surface area contributed by atoms with Gasteiger partial charge in [-0.15, -0.1) is 11.6 Å². The van der Waals surface area contributed by atoms with Crippen molar-refractivity contribution in [2.24, 2.45) is 0 Å². The van der Waals surface area contributed by atoms with Gasteiger partial charge in [0.05, 0.1) is 12.2 Å². The maximum Gasteiger partial charge on any atom is 0.261 e. The summed E-state index contributed by atoms with van der Waals surface area (Å²) in [6.45, 7) is 2.27. The molecule has 0 aliphatic carbocycles. The Morgan fingerprint density at radius 1 is 1.38 bits per heavy atom. The topological polar surface area (TPSA) is 55.4 Å². The SMILES string of the molecule is CCOc1ccccc1C(=O)NC(=O)CCl. The van der Waals surface area contributed by atoms with Crippen LogP contribution in [0, 0.1) is 0 Å². The predicted octanol–water partition coefficient (Wildman–Crippen LogP) is 1.58. The zero-order valence-corrected chi connectivity index (χ0v) is 9.58. The summed E-state index contributed by atoms with van der Waals surface area (Å²) in [7, 11) is 0. The molecule has 1 N–H and O–H groups in total. The molecule has 0 aliphatic heterocycles. The van der Waals surface area contributed by atoms with Gasteiger partial charge < -0.3 is 4.74 Å². The molecule has 0 saturated heterocycles. The molecule has 0 radical (unpaired) electrons. The highest BCUT2D eigenvalue weighted by Gasteiger charge is 2.13. The van der Waals surface area contributed by atoms with Crippen LogP contribution in [0.1, 0.15) is 17.3 Å². The number of nitrogens with one attached hydrogen (secondary N) is 1. The minimum atomic E-state index is -0.530. The highest BCUT2D eigenvalue weighted by molar-refractivity contribution is 6.29. The number of carbonyl (C=O) groups excluding carboxylic acids is 2. The number of hydrogen-bond acceptors (Lipinski definition) is 3. The van der Waals surface area contributed by atoms with Crippen molar-refractivity contribution in [3.8, 4) is 5.75 Å². The van der Waals surface area contributed by atoms with Crippen molar-refractivity contribution in [2.45, 2.75) is 6.92 Å². The molecule has 0 unspecified atom stereocenters. The first kappa shape index (κ1) is 12.5. The highest BCUT2D eigenvalue weighted by atomic mass is 35.5. The van der Waals surface area contributed by atoms with E-state index < -0.39 is 11.8 Å². The summed E-state index contributed by atoms with van der Waals surface area (Å²) >= 11 is 5.29. The first-order valence-electron chi connectivity index (χ1n) is 4.81. The Hall–Kier alpha value is -1.55. The molecule has 5 heteroatoms. The van der Waals surface area contributed by atoms with Crippen LogP contribution in [0.25, 0.3) is 0 Å². The van der Waals surface area contributed by atoms with Crippen molar-refractivity contribution in [3.05, 3.63) is 29.8 Å². The molecule has 1 aromatic carbocycles. The summed E-state index contributed by atoms with van der Waals surface area (Å²) in [4.78, 5) is 22.6. The monoisotopic (exact) mass is 241 g/mol. The number of imide groups is 1. The van der Waals surface area contributed by atoms with Crippen molar-refractivity contribution in [1.82, 2.24) is 5.32 Å². The van der Waals surface area contributed by atoms with Gasteiger partial charge in [0.25, 0.3) is 5.91 Å². The smallest absolute Gasteiger partial charge is 0.261 e. The second kappa shape index (κ2) is 6.12. The van der Waals surface area contributed by atoms with Gasteiger partial charge in [0.15, 0.2) is 0 Å². The van der Waals surface area contributed by atoms with Crippen molar-refractivity contribution in [2.75, 3.05) is 12.5 Å². The maximum atomic E-state index is 11.6. The van der Waals surface area contributed by atoms with E-state index in [0.29, 0.717) is 17.9 Å². The first-order chi connectivity index (χ1) is 7.69. The molecule has 0 atom stereocenters. The molecule has 4 nitrogen and oxygen atoms in total. The minimum Gasteiger partial charge on any atom is -0.493 e. The molecule has 0 heterocycles. The second-order valence-corrected chi connectivity index (χ2v) is 3.21. The van der Waals surface area contributed by atoms with E-state index in [0.717, 1.165) is 0 Å². The van der Waals surface area contributed by atoms with Crippen LogP contribution >= 0.6 is 11.6 Å². The van der Waals surface area contributed by atoms with Crippen molar-refractivity contribution < 1.29 is 14.3 Å². The van der Waals surface area contributed by atoms with Crippen molar-refractivity contribution in [1.29, 1.82) is 0 Å². The van der Waals surface area contributed by atoms with Gasteiger partial charge in [-0.3, -0.25) is 14.9 Å². The van der Waals surface area contributed by atoms with Gasteiger partial charge >= 0.3 is 0 Å². The Morgan fingerprint density at radius 3 is 2.69 bits per heavy atom. The maximum absolute atomic E-state index is 11.6. The van der Waals surface area contributed by atoms with Gasteiger partial charge in [0, 0.05) is 0 Å². The quantitative estimate of drug-likeness (QED) is 0.815. The molecule has 0 fully saturated rings. The number of rotatable bonds is 4. The predicted molar refractivity (Wildman–Crippen MR) is 60.8 cm³/mol. The third-order valence-electron chi connectivity index (χ3n) is 1.81. The number of halogens is 1. The molecular weight excluding hydrogens is 230 g/mol. The van der Waals surface area contributed by atoms with E-state index in [4.69, 9.17) is 16.3 Å². The van der Waals surface area contributed by atoms with E-state index in [-0.39, 0.29) is 5.88 Å². The van der Waals surface area contributed by atoms with Crippen LogP contribution in [0.4, 0.5) is 0 Å². The van der Waals surface area contributed by atoms with Crippen LogP contribution < -0.4 is 10.1 Å². The minimum absolute atomic E-state index is 0.247. The standard InChI is InChI=1S/C11H12ClNO3/c1-2-16-9-6-4-3-5-8(9)11(15)13-10(14)7-12/h3-6H,2,7H2,1H3,(H,13,14,15). The lowest BCUT2D eigenvalue weighted by molar-refractivity contribution is -0.117. The van der Waals surface area contributed by atoms with E-state index in [9.17, 15) is 9.59 Å². The Balaban J connectivity index is 2.85. The third-order valence-corrected chi connectivity index (χ3v) is 2.05. The molecule has 0 aliphatic rings. The summed E-state index contributed by atoms with van der Waals surface area (Å²) in [5.41, 5.74) is 0.322. The molecule has 0 spiro atoms. The van der Waals surface area contributed by atoms with Crippen LogP contribution in [0.2, 0.25) is 0 Å². The van der Waals surface area contributed by atoms with Gasteiger partial charge in [0.1, 0.15) is 11.6 Å². The van der Waals surface area contributed by atoms with Gasteiger partial charge in [-0.25, -0.2) is 0 Å². The number of benzene rings is 1. The zero-order valence-electron chi connectivity index (χ0n) is 8.83. The fourth-order valence-electron chi connectivity index (χ4n) is 1.16. The van der Waals surface area contributed by atoms with Crippen LogP contribution in [0.3, 0.4) is 0 Å². The number of ether oxygens (including phenoxy) is 1. The summed E-state index contributed by atoms with van der Waals surface area (Å²) < 4.78 is 5.27. The first-order valence-corrected chi connectivity index (χ1v) is 5.34. The number of hydrogen-bond donors (Lipinski definition) is 1. The number of carbonyl (C=O) groups is 2. The number of amides is 2. The average Bonchev–Trinajstić information content (AvgIpc) is 2.30. The van der Waals surface area contributed by atoms with E-state index in [2.05, 4.69) is 5.32 Å². The molecule has 1 aromatic rings. The summed E-state index contributed by atoms with van der Waals surface area (Å²) in [5, 5.41) is 2.15. The normalized spacial score (nSPS) is 9.62. The molecule has 0 saturated carbocycles. The fourth-order valence-corrected chi connectivity index (χ4v) is 1.23. The van der Waals surface area contributed by atoms with E-state index in [1.807, 2.05) is 6.92 Å². The summed E-state index contributed by atoms with van der Waals surface area (Å²) in [5.74, 6) is -0.833. The van der Waals surface area contributed by atoms with Gasteiger partial charge in [-0.1, -0.05) is 12.1 Å². The van der Waals surface area contributed by atoms with Crippen LogP contribution in [0.15, 0.2) is 24.3 Å². The Kier molecular flexibility index (Phi) is 4.79. The number of alkyl halides is 1. The molecule has 86 valence electrons. The molecule has 2 amide bonds. The summed E-state index contributed by atoms with van der Waals surface area (Å²) in [6, 6.07) is 6.71. The molecule has 1 rings (SSSR count). The largest absolute Gasteiger partial charge is 0.493 e. The van der Waals surface area contributed by atoms with Gasteiger partial charge in [-0.05, 0) is 19.1 Å². The van der Waals surface area contributed by atoms with E-state index in [1.165, 1.54) is 0 Å². The van der Waals surface area contributed by atoms with Gasteiger partial charge in [0.2, 0.25) is 5.91 Å². The Morgan fingerprint density at radius 2 is 2.06 bits per heavy atom. The van der Waals surface area contributed by atoms with Crippen LogP contribution in [-0.4, -0.2) is 24.3 Å². The lowest BCUT2D eigenvalue weighted by Crippen LogP contribution is -2.31. The molecule has 0 aromatic heterocycles. The highest BCUT2D eigenvalue weighted by Crippen LogP contribution is 2.17. The zero-order chi connectivity index (χ0) is 12.0. The second-order valence-electron chi connectivity index (χ2n) is 2.94.